The zero-order valence-electron chi connectivity index (χ0n) is 12.3. The predicted octanol–water partition coefficient (Wildman–Crippen LogP) is 1.58. The summed E-state index contributed by atoms with van der Waals surface area (Å²) in [4.78, 5) is 18.2. The van der Waals surface area contributed by atoms with Gasteiger partial charge in [-0.1, -0.05) is 6.07 Å². The molecule has 0 aliphatic rings. The molecule has 0 bridgehead atoms. The molecule has 2 N–H and O–H groups in total. The van der Waals surface area contributed by atoms with Gasteiger partial charge in [0.05, 0.1) is 0 Å². The van der Waals surface area contributed by atoms with E-state index in [0.29, 0.717) is 39.3 Å². The molecule has 1 aromatic rings. The first-order valence-electron chi connectivity index (χ1n) is 7.22. The van der Waals surface area contributed by atoms with Gasteiger partial charge in [0.25, 0.3) is 0 Å². The van der Waals surface area contributed by atoms with Crippen LogP contribution in [0.4, 0.5) is 0 Å². The van der Waals surface area contributed by atoms with Crippen molar-refractivity contribution >= 4 is 5.91 Å². The summed E-state index contributed by atoms with van der Waals surface area (Å²) in [6.45, 7) is 5.17. The van der Waals surface area contributed by atoms with Crippen molar-refractivity contribution < 1.29 is 9.53 Å². The second-order valence-corrected chi connectivity index (χ2v) is 4.62. The minimum Gasteiger partial charge on any atom is -0.382 e. The second-order valence-electron chi connectivity index (χ2n) is 4.62. The Balaban J connectivity index is 2.47. The minimum atomic E-state index is 0.155. The van der Waals surface area contributed by atoms with Gasteiger partial charge in [-0.2, -0.15) is 0 Å². The van der Waals surface area contributed by atoms with Crippen molar-refractivity contribution in [3.8, 4) is 0 Å². The number of aromatic nitrogens is 1. The van der Waals surface area contributed by atoms with E-state index < -0.39 is 0 Å². The summed E-state index contributed by atoms with van der Waals surface area (Å²) in [5, 5.41) is 0. The number of nitrogens with zero attached hydrogens (tertiary/aromatic N) is 2. The van der Waals surface area contributed by atoms with E-state index in [9.17, 15) is 4.79 Å². The molecule has 0 atom stereocenters. The van der Waals surface area contributed by atoms with E-state index in [1.54, 1.807) is 12.4 Å². The predicted molar refractivity (Wildman–Crippen MR) is 79.1 cm³/mol. The zero-order chi connectivity index (χ0) is 14.6. The van der Waals surface area contributed by atoms with Crippen molar-refractivity contribution in [1.29, 1.82) is 0 Å². The van der Waals surface area contributed by atoms with Crippen LogP contribution in [0.3, 0.4) is 0 Å². The average Bonchev–Trinajstić information content (AvgIpc) is 2.48. The summed E-state index contributed by atoms with van der Waals surface area (Å²) in [5.41, 5.74) is 6.58. The van der Waals surface area contributed by atoms with E-state index in [1.165, 1.54) is 0 Å². The lowest BCUT2D eigenvalue weighted by Crippen LogP contribution is -2.32. The Morgan fingerprint density at radius 3 is 2.95 bits per heavy atom. The van der Waals surface area contributed by atoms with Crippen LogP contribution >= 0.6 is 0 Å². The monoisotopic (exact) mass is 279 g/mol. The van der Waals surface area contributed by atoms with Gasteiger partial charge in [-0.05, 0) is 37.9 Å². The molecule has 5 heteroatoms. The fourth-order valence-electron chi connectivity index (χ4n) is 1.91. The van der Waals surface area contributed by atoms with Gasteiger partial charge in [0.2, 0.25) is 5.91 Å². The molecule has 0 radical (unpaired) electrons. The smallest absolute Gasteiger partial charge is 0.222 e. The largest absolute Gasteiger partial charge is 0.382 e. The van der Waals surface area contributed by atoms with E-state index in [1.807, 2.05) is 24.0 Å². The Morgan fingerprint density at radius 1 is 1.45 bits per heavy atom. The Hall–Kier alpha value is -1.46. The van der Waals surface area contributed by atoms with Gasteiger partial charge in [0.15, 0.2) is 0 Å². The van der Waals surface area contributed by atoms with Crippen LogP contribution in [0, 0.1) is 0 Å². The molecule has 112 valence electrons. The van der Waals surface area contributed by atoms with Crippen molar-refractivity contribution in [1.82, 2.24) is 9.88 Å². The maximum absolute atomic E-state index is 12.2. The highest BCUT2D eigenvalue weighted by Gasteiger charge is 2.13. The van der Waals surface area contributed by atoms with Gasteiger partial charge >= 0.3 is 0 Å². The molecular weight excluding hydrogens is 254 g/mol. The van der Waals surface area contributed by atoms with Crippen LogP contribution in [-0.2, 0) is 16.1 Å². The Labute approximate surface area is 121 Å². The summed E-state index contributed by atoms with van der Waals surface area (Å²) in [6.07, 6.45) is 5.63. The summed E-state index contributed by atoms with van der Waals surface area (Å²) < 4.78 is 5.26. The van der Waals surface area contributed by atoms with Gasteiger partial charge in [-0.25, -0.2) is 0 Å². The molecule has 1 aromatic heterocycles. The standard InChI is InChI=1S/C15H25N3O2/c1-2-20-11-4-7-15(19)18(10-5-8-16)13-14-6-3-9-17-12-14/h3,6,9,12H,2,4-5,7-8,10-11,13,16H2,1H3. The van der Waals surface area contributed by atoms with E-state index in [2.05, 4.69) is 4.98 Å². The number of hydrogen-bond donors (Lipinski definition) is 1. The molecule has 20 heavy (non-hydrogen) atoms. The third kappa shape index (κ3) is 6.63. The third-order valence-electron chi connectivity index (χ3n) is 2.96. The average molecular weight is 279 g/mol. The topological polar surface area (TPSA) is 68.5 Å². The quantitative estimate of drug-likeness (QED) is 0.660. The maximum atomic E-state index is 12.2. The van der Waals surface area contributed by atoms with Crippen LogP contribution in [0.15, 0.2) is 24.5 Å². The van der Waals surface area contributed by atoms with Crippen LogP contribution in [-0.4, -0.2) is 42.1 Å². The van der Waals surface area contributed by atoms with E-state index in [-0.39, 0.29) is 5.91 Å². The molecule has 1 heterocycles. The molecule has 1 rings (SSSR count). The lowest BCUT2D eigenvalue weighted by atomic mass is 10.2. The number of carbonyl (C=O) groups excluding carboxylic acids is 1. The Kier molecular flexibility index (Phi) is 8.58. The highest BCUT2D eigenvalue weighted by Crippen LogP contribution is 2.07. The molecule has 0 spiro atoms. The van der Waals surface area contributed by atoms with E-state index in [0.717, 1.165) is 18.4 Å². The van der Waals surface area contributed by atoms with Crippen LogP contribution in [0.1, 0.15) is 31.7 Å². The van der Waals surface area contributed by atoms with Crippen LogP contribution in [0.2, 0.25) is 0 Å². The van der Waals surface area contributed by atoms with E-state index >= 15 is 0 Å². The van der Waals surface area contributed by atoms with E-state index in [4.69, 9.17) is 10.5 Å². The Bertz CT molecular complexity index is 371. The fourth-order valence-corrected chi connectivity index (χ4v) is 1.91. The SMILES string of the molecule is CCOCCCC(=O)N(CCCN)Cc1cccnc1. The molecule has 0 aliphatic heterocycles. The first-order valence-corrected chi connectivity index (χ1v) is 7.22. The lowest BCUT2D eigenvalue weighted by Gasteiger charge is -2.22. The fraction of sp³-hybridized carbons (Fsp3) is 0.600. The van der Waals surface area contributed by atoms with Crippen molar-refractivity contribution in [2.24, 2.45) is 5.73 Å². The molecule has 0 fully saturated rings. The normalized spacial score (nSPS) is 10.5. The summed E-state index contributed by atoms with van der Waals surface area (Å²) in [6, 6.07) is 3.87. The lowest BCUT2D eigenvalue weighted by molar-refractivity contribution is -0.132. The van der Waals surface area contributed by atoms with Gasteiger partial charge < -0.3 is 15.4 Å². The van der Waals surface area contributed by atoms with Crippen LogP contribution < -0.4 is 5.73 Å². The van der Waals surface area contributed by atoms with Crippen LogP contribution in [0.25, 0.3) is 0 Å². The van der Waals surface area contributed by atoms with Gasteiger partial charge in [0.1, 0.15) is 0 Å². The minimum absolute atomic E-state index is 0.155. The molecule has 1 amide bonds. The van der Waals surface area contributed by atoms with Gasteiger partial charge in [-0.3, -0.25) is 9.78 Å². The molecule has 0 unspecified atom stereocenters. The molecule has 0 saturated carbocycles. The van der Waals surface area contributed by atoms with Crippen LogP contribution in [0.5, 0.6) is 0 Å². The number of amides is 1. The van der Waals surface area contributed by atoms with Crippen molar-refractivity contribution in [3.05, 3.63) is 30.1 Å². The maximum Gasteiger partial charge on any atom is 0.222 e. The number of rotatable bonds is 10. The van der Waals surface area contributed by atoms with Gasteiger partial charge in [-0.15, -0.1) is 0 Å². The summed E-state index contributed by atoms with van der Waals surface area (Å²) in [5.74, 6) is 0.155. The van der Waals surface area contributed by atoms with Crippen molar-refractivity contribution in [3.63, 3.8) is 0 Å². The van der Waals surface area contributed by atoms with Crippen molar-refractivity contribution in [2.75, 3.05) is 26.3 Å². The van der Waals surface area contributed by atoms with Crippen molar-refractivity contribution in [2.45, 2.75) is 32.7 Å². The zero-order valence-corrected chi connectivity index (χ0v) is 12.3. The molecular formula is C15H25N3O2. The first kappa shape index (κ1) is 16.6. The Morgan fingerprint density at radius 2 is 2.30 bits per heavy atom. The number of pyridine rings is 1. The highest BCUT2D eigenvalue weighted by molar-refractivity contribution is 5.76. The number of hydrogen-bond acceptors (Lipinski definition) is 4. The third-order valence-corrected chi connectivity index (χ3v) is 2.96. The molecule has 0 saturated heterocycles. The first-order chi connectivity index (χ1) is 9.77. The molecule has 0 aliphatic carbocycles. The second kappa shape index (κ2) is 10.3. The summed E-state index contributed by atoms with van der Waals surface area (Å²) in [7, 11) is 0. The number of carbonyl (C=O) groups is 1. The molecule has 0 aromatic carbocycles. The summed E-state index contributed by atoms with van der Waals surface area (Å²) >= 11 is 0. The van der Waals surface area contributed by atoms with Gasteiger partial charge in [0, 0.05) is 45.1 Å². The number of nitrogens with two attached hydrogens (primary N) is 1. The number of ether oxygens (including phenoxy) is 1. The highest BCUT2D eigenvalue weighted by atomic mass is 16.5. The molecule has 5 nitrogen and oxygen atoms in total.